The average molecular weight is 1960 g/mol. The number of nitrogens with zero attached hydrogens (tertiary/aromatic N) is 13. The van der Waals surface area contributed by atoms with Crippen LogP contribution < -0.4 is 33.2 Å². The van der Waals surface area contributed by atoms with Gasteiger partial charge in [-0.1, -0.05) is 134 Å². The minimum atomic E-state index is 0.392. The number of H-pyrrole nitrogens is 6. The zero-order valence-corrected chi connectivity index (χ0v) is 87.4. The summed E-state index contributed by atoms with van der Waals surface area (Å²) >= 11 is 6.01. The van der Waals surface area contributed by atoms with Crippen LogP contribution in [0.1, 0.15) is 222 Å². The monoisotopic (exact) mass is 1960 g/mol. The molecule has 6 heterocycles. The number of hydrogen-bond donors (Lipinski definition) is 6. The quantitative estimate of drug-likeness (QED) is 0.0207. The Kier molecular flexibility index (Phi) is 42.3. The highest BCUT2D eigenvalue weighted by molar-refractivity contribution is 6.30. The van der Waals surface area contributed by atoms with E-state index in [1.807, 2.05) is 146 Å². The van der Waals surface area contributed by atoms with Crippen molar-refractivity contribution in [1.82, 2.24) is 90.6 Å². The second-order valence-electron chi connectivity index (χ2n) is 38.2. The van der Waals surface area contributed by atoms with Crippen LogP contribution in [0.3, 0.4) is 0 Å². The Bertz CT molecular complexity index is 6440. The fraction of sp³-hybridized carbons (Fsp3) is 0.422. The molecule has 18 rings (SSSR count). The van der Waals surface area contributed by atoms with Gasteiger partial charge < -0.3 is 62.6 Å². The summed E-state index contributed by atoms with van der Waals surface area (Å²) in [6, 6.07) is 68.8. The summed E-state index contributed by atoms with van der Waals surface area (Å²) in [4.78, 5) is 13.9. The number of aromatic nitrogens is 12. The maximum Gasteiger partial charge on any atom is 0.169 e. The van der Waals surface area contributed by atoms with Gasteiger partial charge in [0.05, 0.1) is 98.2 Å². The van der Waals surface area contributed by atoms with Crippen LogP contribution in [0.25, 0.3) is 65.4 Å². The number of nitrogens with one attached hydrogen (secondary N) is 6. The van der Waals surface area contributed by atoms with Crippen LogP contribution in [0.5, 0.6) is 63.2 Å². The van der Waals surface area contributed by atoms with Gasteiger partial charge in [0.1, 0.15) is 51.7 Å². The number of unbranched alkanes of at least 4 members (excludes halogenated alkanes) is 6. The maximum atomic E-state index is 9.00. The standard InChI is InChI=1S/C20H22N4O.C20H25N3O2.C20H25N3O.C19H22ClN3O.C19H29N3O.C18H27N3O/c1-3-4-10-24(2)14-20-18-12-17(8-9-19(18)22-23-20)25-16-7-5-6-15(11-16)13-21;1-4-5-12-23(2)14-18-16-13-15(10-11-17(16)21-22-18)25-20-9-7-6-8-19(20)24-3;1-4-5-11-23(3)14-20-18-13-17(9-10-19(18)21-22-20)24-16-8-6-7-15(2)12-16;1-3-4-10-23(2)13-19-17-12-16(8-9-18(17)21-22-19)24-15-7-5-6-14(20)11-15;1-3-4-12-22(2)14-19-17-13-16(10-11-18(17)20-21-19)23-15-8-6-5-7-9-15;1-3-4-11-21(2)13-18-16-12-15(9-10-17(16)19-20-18)22-14-7-5-6-8-14/h5-9,11-12H,3-4,10,14H2,1-2H3,(H,22,23);6-11,13H,4-5,12,14H2,1-3H3,(H,21,22);6-10,12-13H,4-5,11,14H2,1-3H3,(H,21,22);5-9,11-12H,3-4,10,13H2,1-2H3,(H,21,22);10-11,13,15H,3-9,12,14H2,1-2H3,(H,20,21);9-10,12,14H,3-8,11,13H2,1-2H3,(H,19,20). The summed E-state index contributed by atoms with van der Waals surface area (Å²) in [5.41, 5.74) is 14.5. The molecule has 26 nitrogen and oxygen atoms in total. The largest absolute Gasteiger partial charge is 0.493 e. The van der Waals surface area contributed by atoms with E-state index in [-0.39, 0.29) is 0 Å². The predicted molar refractivity (Wildman–Crippen MR) is 581 cm³/mol. The first-order chi connectivity index (χ1) is 69.7. The number of nitriles is 1. The molecule has 6 N–H and O–H groups in total. The summed E-state index contributed by atoms with van der Waals surface area (Å²) in [5.74, 6) is 8.77. The molecule has 27 heteroatoms. The Morgan fingerprint density at radius 3 is 0.888 bits per heavy atom. The molecule has 0 atom stereocenters. The molecule has 0 radical (unpaired) electrons. The molecule has 2 aliphatic rings. The van der Waals surface area contributed by atoms with E-state index in [2.05, 4.69) is 230 Å². The first-order valence-electron chi connectivity index (χ1n) is 51.7. The minimum Gasteiger partial charge on any atom is -0.493 e. The second-order valence-corrected chi connectivity index (χ2v) is 38.6. The second kappa shape index (κ2) is 56.3. The van der Waals surface area contributed by atoms with Crippen LogP contribution in [0, 0.1) is 18.3 Å². The number of fused-ring (bicyclic) bond motifs is 6. The van der Waals surface area contributed by atoms with Crippen LogP contribution in [0.4, 0.5) is 0 Å². The van der Waals surface area contributed by atoms with E-state index in [1.54, 1.807) is 25.3 Å². The topological polar surface area (TPSA) is 280 Å². The van der Waals surface area contributed by atoms with Crippen molar-refractivity contribution in [1.29, 1.82) is 5.26 Å². The molecular weight excluding hydrogens is 1810 g/mol. The molecule has 0 spiro atoms. The number of para-hydroxylation sites is 2. The first-order valence-corrected chi connectivity index (χ1v) is 52.0. The van der Waals surface area contributed by atoms with Crippen molar-refractivity contribution in [2.45, 2.75) is 235 Å². The smallest absolute Gasteiger partial charge is 0.169 e. The zero-order chi connectivity index (χ0) is 101. The van der Waals surface area contributed by atoms with Gasteiger partial charge in [0, 0.05) is 76.6 Å². The molecular formula is C116H150ClN19O7. The van der Waals surface area contributed by atoms with Gasteiger partial charge in [0.25, 0.3) is 0 Å². The minimum absolute atomic E-state index is 0.392. The lowest BCUT2D eigenvalue weighted by atomic mass is 9.98. The summed E-state index contributed by atoms with van der Waals surface area (Å²) < 4.78 is 41.5. The van der Waals surface area contributed by atoms with E-state index in [1.165, 1.54) is 163 Å². The number of ether oxygens (including phenoxy) is 7. The van der Waals surface area contributed by atoms with Crippen molar-refractivity contribution < 1.29 is 33.2 Å². The van der Waals surface area contributed by atoms with Gasteiger partial charge in [-0.3, -0.25) is 30.6 Å². The number of aromatic amines is 6. The van der Waals surface area contributed by atoms with Gasteiger partial charge in [-0.25, -0.2) is 0 Å². The van der Waals surface area contributed by atoms with Crippen molar-refractivity contribution in [3.8, 4) is 69.3 Å². The Morgan fingerprint density at radius 2 is 0.580 bits per heavy atom. The molecule has 0 saturated heterocycles. The van der Waals surface area contributed by atoms with Crippen LogP contribution in [0.15, 0.2) is 206 Å². The van der Waals surface area contributed by atoms with Crippen LogP contribution >= 0.6 is 11.6 Å². The number of methoxy groups -OCH3 is 1. The van der Waals surface area contributed by atoms with E-state index in [0.717, 1.165) is 202 Å². The number of hydrogen-bond acceptors (Lipinski definition) is 20. The van der Waals surface area contributed by atoms with Crippen LogP contribution in [-0.4, -0.2) is 191 Å². The van der Waals surface area contributed by atoms with E-state index < -0.39 is 0 Å². The summed E-state index contributed by atoms with van der Waals surface area (Å²) in [7, 11) is 14.5. The van der Waals surface area contributed by atoms with E-state index >= 15 is 0 Å². The molecule has 0 aliphatic heterocycles. The summed E-state index contributed by atoms with van der Waals surface area (Å²) in [5, 5.41) is 61.9. The summed E-state index contributed by atoms with van der Waals surface area (Å²) in [6.45, 7) is 27.1. The van der Waals surface area contributed by atoms with Crippen molar-refractivity contribution >= 4 is 77.0 Å². The SMILES string of the molecule is CCCCN(C)Cc1[nH]nc2ccc(OC3CCCC3)cc12.CCCCN(C)Cc1[nH]nc2ccc(OC3CCCCC3)cc12.CCCCN(C)Cc1[nH]nc2ccc(Oc3cccc(C#N)c3)cc12.CCCCN(C)Cc1[nH]nc2ccc(Oc3cccc(C)c3)cc12.CCCCN(C)Cc1[nH]nc2ccc(Oc3cccc(Cl)c3)cc12.CCCCN(C)Cc1[nH]nc2ccc(Oc3ccccc3OC)cc12. The van der Waals surface area contributed by atoms with Gasteiger partial charge in [-0.05, 0) is 354 Å². The molecule has 2 fully saturated rings. The molecule has 0 amide bonds. The molecule has 2 aliphatic carbocycles. The van der Waals surface area contributed by atoms with E-state index in [9.17, 15) is 0 Å². The first kappa shape index (κ1) is 107. The van der Waals surface area contributed by atoms with Gasteiger partial charge in [0.2, 0.25) is 0 Å². The lowest BCUT2D eigenvalue weighted by Gasteiger charge is -2.23. The Morgan fingerprint density at radius 1 is 0.308 bits per heavy atom. The highest BCUT2D eigenvalue weighted by Gasteiger charge is 2.22. The number of benzene rings is 10. The predicted octanol–water partition coefficient (Wildman–Crippen LogP) is 27.8. The normalized spacial score (nSPS) is 12.8. The molecule has 6 aromatic heterocycles. The summed E-state index contributed by atoms with van der Waals surface area (Å²) in [6.07, 6.45) is 26.6. The van der Waals surface area contributed by atoms with Gasteiger partial charge in [-0.15, -0.1) is 0 Å². The zero-order valence-electron chi connectivity index (χ0n) is 86.7. The van der Waals surface area contributed by atoms with Gasteiger partial charge >= 0.3 is 0 Å². The molecule has 0 bridgehead atoms. The van der Waals surface area contributed by atoms with Crippen molar-refractivity contribution in [2.24, 2.45) is 0 Å². The van der Waals surface area contributed by atoms with Crippen LogP contribution in [-0.2, 0) is 39.3 Å². The van der Waals surface area contributed by atoms with Crippen molar-refractivity contribution in [3.63, 3.8) is 0 Å². The molecule has 10 aromatic carbocycles. The third kappa shape index (κ3) is 33.1. The fourth-order valence-electron chi connectivity index (χ4n) is 17.7. The van der Waals surface area contributed by atoms with E-state index in [0.29, 0.717) is 40.0 Å². The Hall–Kier alpha value is -12.8. The van der Waals surface area contributed by atoms with Crippen LogP contribution in [0.2, 0.25) is 5.02 Å². The van der Waals surface area contributed by atoms with Gasteiger partial charge in [-0.2, -0.15) is 35.9 Å². The Balaban J connectivity index is 0.000000144. The maximum absolute atomic E-state index is 9.00. The average Bonchev–Trinajstić information content (AvgIpc) is 1.71. The number of halogens is 1. The van der Waals surface area contributed by atoms with E-state index in [4.69, 9.17) is 50.0 Å². The highest BCUT2D eigenvalue weighted by Crippen LogP contribution is 2.38. The Labute approximate surface area is 850 Å². The lowest BCUT2D eigenvalue weighted by molar-refractivity contribution is 0.155. The molecule has 143 heavy (non-hydrogen) atoms. The molecule has 16 aromatic rings. The third-order valence-electron chi connectivity index (χ3n) is 25.8. The molecule has 0 unspecified atom stereocenters. The fourth-order valence-corrected chi connectivity index (χ4v) is 17.9. The van der Waals surface area contributed by atoms with Gasteiger partial charge in [0.15, 0.2) is 11.5 Å². The molecule has 2 saturated carbocycles. The third-order valence-corrected chi connectivity index (χ3v) is 26.0. The number of aryl methyl sites for hydroxylation is 1. The number of rotatable bonds is 43. The lowest BCUT2D eigenvalue weighted by Crippen LogP contribution is -2.20. The van der Waals surface area contributed by atoms with Crippen molar-refractivity contribution in [3.05, 3.63) is 257 Å². The highest BCUT2D eigenvalue weighted by atomic mass is 35.5. The molecule has 758 valence electrons. The van der Waals surface area contributed by atoms with Crippen molar-refractivity contribution in [2.75, 3.05) is 88.7 Å².